The Bertz CT molecular complexity index is 710. The van der Waals surface area contributed by atoms with Crippen LogP contribution in [0.5, 0.6) is 0 Å². The number of rotatable bonds is 7. The zero-order valence-electron chi connectivity index (χ0n) is 14.2. The molecule has 0 saturated heterocycles. The van der Waals surface area contributed by atoms with Gasteiger partial charge in [-0.3, -0.25) is 0 Å². The molecule has 2 aromatic rings. The number of aryl methyl sites for hydroxylation is 1. The van der Waals surface area contributed by atoms with Crippen LogP contribution in [0, 0.1) is 0 Å². The second kappa shape index (κ2) is 8.22. The Morgan fingerprint density at radius 3 is 2.75 bits per heavy atom. The lowest BCUT2D eigenvalue weighted by molar-refractivity contribution is 0.0515. The molecule has 24 heavy (non-hydrogen) atoms. The van der Waals surface area contributed by atoms with Crippen LogP contribution >= 0.6 is 11.6 Å². The summed E-state index contributed by atoms with van der Waals surface area (Å²) in [6, 6.07) is 7.38. The Morgan fingerprint density at radius 1 is 1.38 bits per heavy atom. The predicted molar refractivity (Wildman–Crippen MR) is 95.5 cm³/mol. The third-order valence-electron chi connectivity index (χ3n) is 3.77. The van der Waals surface area contributed by atoms with Crippen molar-refractivity contribution in [1.29, 1.82) is 0 Å². The molecule has 0 saturated carbocycles. The van der Waals surface area contributed by atoms with Crippen molar-refractivity contribution in [2.45, 2.75) is 40.0 Å². The monoisotopic (exact) mass is 350 g/mol. The van der Waals surface area contributed by atoms with Gasteiger partial charge in [0.25, 0.3) is 0 Å². The minimum atomic E-state index is -0.631. The van der Waals surface area contributed by atoms with Crippen LogP contribution in [0.1, 0.15) is 48.5 Å². The van der Waals surface area contributed by atoms with Gasteiger partial charge < -0.3 is 19.7 Å². The standard InChI is InChI=1S/C18H23ClN2O3/c1-4-21-9-8-16(17(21)18(23)24-5-2)20-11-13-6-7-15(19)14(10-13)12(3)22/h6-10,12,20,22H,4-5,11H2,1-3H3. The van der Waals surface area contributed by atoms with Gasteiger partial charge >= 0.3 is 5.97 Å². The quantitative estimate of drug-likeness (QED) is 0.741. The number of halogens is 1. The summed E-state index contributed by atoms with van der Waals surface area (Å²) >= 11 is 6.09. The minimum Gasteiger partial charge on any atom is -0.461 e. The first kappa shape index (κ1) is 18.4. The zero-order chi connectivity index (χ0) is 17.7. The van der Waals surface area contributed by atoms with E-state index in [-0.39, 0.29) is 5.97 Å². The molecule has 1 aromatic carbocycles. The van der Waals surface area contributed by atoms with Gasteiger partial charge in [-0.25, -0.2) is 4.79 Å². The number of benzene rings is 1. The second-order valence-corrected chi connectivity index (χ2v) is 5.88. The van der Waals surface area contributed by atoms with Gasteiger partial charge in [-0.05, 0) is 50.1 Å². The maximum Gasteiger partial charge on any atom is 0.357 e. The van der Waals surface area contributed by atoms with E-state index in [0.717, 1.165) is 11.3 Å². The summed E-state index contributed by atoms with van der Waals surface area (Å²) in [7, 11) is 0. The number of nitrogens with zero attached hydrogens (tertiary/aromatic N) is 1. The molecule has 0 aliphatic heterocycles. The molecule has 1 aromatic heterocycles. The lowest BCUT2D eigenvalue weighted by Crippen LogP contribution is -2.14. The maximum absolute atomic E-state index is 12.2. The average molecular weight is 351 g/mol. The van der Waals surface area contributed by atoms with E-state index in [4.69, 9.17) is 16.3 Å². The first-order chi connectivity index (χ1) is 11.5. The fourth-order valence-electron chi connectivity index (χ4n) is 2.53. The number of carbonyl (C=O) groups excluding carboxylic acids is 1. The third-order valence-corrected chi connectivity index (χ3v) is 4.11. The van der Waals surface area contributed by atoms with E-state index in [1.807, 2.05) is 35.9 Å². The number of aliphatic hydroxyl groups excluding tert-OH is 1. The number of hydrogen-bond donors (Lipinski definition) is 2. The molecule has 5 nitrogen and oxygen atoms in total. The van der Waals surface area contributed by atoms with E-state index in [9.17, 15) is 9.90 Å². The average Bonchev–Trinajstić information content (AvgIpc) is 2.97. The Labute approximate surface area is 147 Å². The molecule has 0 aliphatic rings. The summed E-state index contributed by atoms with van der Waals surface area (Å²) in [5.74, 6) is -0.340. The van der Waals surface area contributed by atoms with Gasteiger partial charge in [0.2, 0.25) is 0 Å². The van der Waals surface area contributed by atoms with E-state index in [2.05, 4.69) is 5.32 Å². The third kappa shape index (κ3) is 4.10. The van der Waals surface area contributed by atoms with Gasteiger partial charge in [-0.1, -0.05) is 17.7 Å². The normalized spacial score (nSPS) is 12.0. The predicted octanol–water partition coefficient (Wildman–Crippen LogP) is 4.00. The molecule has 1 unspecified atom stereocenters. The summed E-state index contributed by atoms with van der Waals surface area (Å²) in [6.07, 6.45) is 1.23. The van der Waals surface area contributed by atoms with Crippen molar-refractivity contribution in [3.05, 3.63) is 52.3 Å². The highest BCUT2D eigenvalue weighted by molar-refractivity contribution is 6.31. The van der Waals surface area contributed by atoms with Crippen molar-refractivity contribution in [2.75, 3.05) is 11.9 Å². The molecule has 0 amide bonds. The van der Waals surface area contributed by atoms with E-state index in [1.165, 1.54) is 0 Å². The highest BCUT2D eigenvalue weighted by Crippen LogP contribution is 2.25. The molecular formula is C18H23ClN2O3. The molecule has 0 aliphatic carbocycles. The molecular weight excluding hydrogens is 328 g/mol. The van der Waals surface area contributed by atoms with Crippen LogP contribution in [0.2, 0.25) is 5.02 Å². The Kier molecular flexibility index (Phi) is 6.29. The maximum atomic E-state index is 12.2. The summed E-state index contributed by atoms with van der Waals surface area (Å²) in [5.41, 5.74) is 2.90. The van der Waals surface area contributed by atoms with Crippen LogP contribution in [-0.4, -0.2) is 22.2 Å². The number of carbonyl (C=O) groups is 1. The number of nitrogens with one attached hydrogen (secondary N) is 1. The van der Waals surface area contributed by atoms with E-state index < -0.39 is 6.10 Å². The molecule has 130 valence electrons. The number of ether oxygens (including phenoxy) is 1. The van der Waals surface area contributed by atoms with Crippen molar-refractivity contribution in [1.82, 2.24) is 4.57 Å². The fraction of sp³-hybridized carbons (Fsp3) is 0.389. The number of esters is 1. The lowest BCUT2D eigenvalue weighted by atomic mass is 10.1. The molecule has 2 N–H and O–H groups in total. The van der Waals surface area contributed by atoms with Crippen LogP contribution in [-0.2, 0) is 17.8 Å². The van der Waals surface area contributed by atoms with Crippen LogP contribution < -0.4 is 5.32 Å². The van der Waals surface area contributed by atoms with Crippen molar-refractivity contribution in [3.8, 4) is 0 Å². The number of anilines is 1. The summed E-state index contributed by atoms with van der Waals surface area (Å²) in [6.45, 7) is 6.97. The molecule has 1 heterocycles. The lowest BCUT2D eigenvalue weighted by Gasteiger charge is -2.13. The molecule has 0 bridgehead atoms. The van der Waals surface area contributed by atoms with Gasteiger partial charge in [-0.2, -0.15) is 0 Å². The Hall–Kier alpha value is -1.98. The van der Waals surface area contributed by atoms with Crippen LogP contribution in [0.25, 0.3) is 0 Å². The van der Waals surface area contributed by atoms with Gasteiger partial charge in [-0.15, -0.1) is 0 Å². The molecule has 2 rings (SSSR count). The number of aromatic nitrogens is 1. The first-order valence-electron chi connectivity index (χ1n) is 8.04. The molecule has 6 heteroatoms. The first-order valence-corrected chi connectivity index (χ1v) is 8.42. The second-order valence-electron chi connectivity index (χ2n) is 5.47. The van der Waals surface area contributed by atoms with E-state index >= 15 is 0 Å². The highest BCUT2D eigenvalue weighted by Gasteiger charge is 2.17. The van der Waals surface area contributed by atoms with Gasteiger partial charge in [0.15, 0.2) is 5.69 Å². The summed E-state index contributed by atoms with van der Waals surface area (Å²) < 4.78 is 6.99. The zero-order valence-corrected chi connectivity index (χ0v) is 14.9. The van der Waals surface area contributed by atoms with Gasteiger partial charge in [0.1, 0.15) is 0 Å². The van der Waals surface area contributed by atoms with Crippen molar-refractivity contribution in [2.24, 2.45) is 0 Å². The molecule has 0 spiro atoms. The fourth-order valence-corrected chi connectivity index (χ4v) is 2.80. The largest absolute Gasteiger partial charge is 0.461 e. The highest BCUT2D eigenvalue weighted by atomic mass is 35.5. The van der Waals surface area contributed by atoms with E-state index in [1.54, 1.807) is 19.9 Å². The Morgan fingerprint density at radius 2 is 2.12 bits per heavy atom. The van der Waals surface area contributed by atoms with Crippen LogP contribution in [0.4, 0.5) is 5.69 Å². The van der Waals surface area contributed by atoms with Crippen molar-refractivity contribution >= 4 is 23.3 Å². The minimum absolute atomic E-state index is 0.335. The van der Waals surface area contributed by atoms with Crippen LogP contribution in [0.15, 0.2) is 30.5 Å². The molecule has 1 atom stereocenters. The summed E-state index contributed by atoms with van der Waals surface area (Å²) in [4.78, 5) is 12.2. The van der Waals surface area contributed by atoms with E-state index in [0.29, 0.717) is 36.0 Å². The smallest absolute Gasteiger partial charge is 0.357 e. The number of hydrogen-bond acceptors (Lipinski definition) is 4. The molecule has 0 fully saturated rings. The SMILES string of the molecule is CCOC(=O)c1c(NCc2ccc(Cl)c(C(C)O)c2)ccn1CC. The Balaban J connectivity index is 2.19. The van der Waals surface area contributed by atoms with Crippen molar-refractivity contribution < 1.29 is 14.6 Å². The summed E-state index contributed by atoms with van der Waals surface area (Å²) in [5, 5.41) is 13.6. The van der Waals surface area contributed by atoms with Crippen molar-refractivity contribution in [3.63, 3.8) is 0 Å². The number of aliphatic hydroxyl groups is 1. The molecule has 0 radical (unpaired) electrons. The van der Waals surface area contributed by atoms with Crippen LogP contribution in [0.3, 0.4) is 0 Å². The van der Waals surface area contributed by atoms with Gasteiger partial charge in [0, 0.05) is 24.3 Å². The van der Waals surface area contributed by atoms with Gasteiger partial charge in [0.05, 0.1) is 18.4 Å². The topological polar surface area (TPSA) is 63.5 Å².